The van der Waals surface area contributed by atoms with Crippen LogP contribution in [0.1, 0.15) is 109 Å². The summed E-state index contributed by atoms with van der Waals surface area (Å²) in [4.78, 5) is 11.8. The van der Waals surface area contributed by atoms with Crippen LogP contribution >= 0.6 is 0 Å². The van der Waals surface area contributed by atoms with Crippen molar-refractivity contribution >= 4 is 5.97 Å². The van der Waals surface area contributed by atoms with E-state index in [2.05, 4.69) is 11.0 Å². The van der Waals surface area contributed by atoms with Gasteiger partial charge < -0.3 is 26.0 Å². The third-order valence-electron chi connectivity index (χ3n) is 5.62. The molecule has 32 heavy (non-hydrogen) atoms. The van der Waals surface area contributed by atoms with Gasteiger partial charge in [-0.1, -0.05) is 77.0 Å². The van der Waals surface area contributed by atoms with Crippen molar-refractivity contribution in [3.05, 3.63) is 10.4 Å². The molecule has 0 radical (unpaired) electrons. The fourth-order valence-electron chi connectivity index (χ4n) is 3.62. The minimum absolute atomic E-state index is 0.0113. The van der Waals surface area contributed by atoms with E-state index < -0.39 is 0 Å². The predicted molar refractivity (Wildman–Crippen MR) is 125 cm³/mol. The van der Waals surface area contributed by atoms with Crippen LogP contribution in [-0.4, -0.2) is 53.9 Å². The Balaban J connectivity index is 3.48. The number of quaternary nitrogens is 1. The Morgan fingerprint density at radius 3 is 1.78 bits per heavy atom. The molecular weight excluding hydrogens is 412 g/mol. The lowest BCUT2D eigenvalue weighted by atomic mass is 10.0. The van der Waals surface area contributed by atoms with Crippen LogP contribution in [0.5, 0.6) is 0 Å². The highest BCUT2D eigenvalue weighted by atomic mass is 16.6. The molecule has 0 fully saturated rings. The lowest BCUT2D eigenvalue weighted by Gasteiger charge is -2.18. The van der Waals surface area contributed by atoms with Crippen LogP contribution in [0.2, 0.25) is 0 Å². The van der Waals surface area contributed by atoms with Gasteiger partial charge in [-0.25, -0.2) is 0 Å². The second-order valence-corrected chi connectivity index (χ2v) is 8.49. The van der Waals surface area contributed by atoms with Gasteiger partial charge in [-0.3, -0.25) is 4.79 Å². The van der Waals surface area contributed by atoms with Gasteiger partial charge in [0.1, 0.15) is 0 Å². The average Bonchev–Trinajstić information content (AvgIpc) is 2.80. The first-order chi connectivity index (χ1) is 15.7. The number of hydrogen-bond donors (Lipinski definition) is 2. The van der Waals surface area contributed by atoms with Crippen molar-refractivity contribution < 1.29 is 25.3 Å². The summed E-state index contributed by atoms with van der Waals surface area (Å²) in [5, 5.41) is 34.2. The molecule has 0 aliphatic carbocycles. The van der Waals surface area contributed by atoms with E-state index in [4.69, 9.17) is 9.84 Å². The molecular formula is C23H48N4O5. The van der Waals surface area contributed by atoms with E-state index in [1.807, 2.05) is 0 Å². The normalized spacial score (nSPS) is 11.6. The third-order valence-corrected chi connectivity index (χ3v) is 5.62. The van der Waals surface area contributed by atoms with Crippen molar-refractivity contribution in [3.63, 3.8) is 0 Å². The Bertz CT molecular complexity index is 452. The quantitative estimate of drug-likeness (QED) is 0.0731. The Hall–Kier alpha value is -1.61. The first-order valence-electron chi connectivity index (χ1n) is 12.8. The van der Waals surface area contributed by atoms with Crippen LogP contribution in [0.15, 0.2) is 5.28 Å². The zero-order chi connectivity index (χ0) is 23.7. The maximum atomic E-state index is 11.8. The van der Waals surface area contributed by atoms with Gasteiger partial charge in [-0.05, 0) is 31.0 Å². The largest absolute Gasteiger partial charge is 0.737 e. The molecule has 0 aromatic heterocycles. The van der Waals surface area contributed by atoms with Gasteiger partial charge in [0.15, 0.2) is 0 Å². The van der Waals surface area contributed by atoms with E-state index in [1.54, 1.807) is 0 Å². The van der Waals surface area contributed by atoms with Gasteiger partial charge in [0.05, 0.1) is 32.7 Å². The molecule has 0 amide bonds. The van der Waals surface area contributed by atoms with Crippen molar-refractivity contribution in [1.82, 2.24) is 5.01 Å². The molecule has 0 aliphatic heterocycles. The molecule has 4 N–H and O–H groups in total. The molecule has 0 bridgehead atoms. The van der Waals surface area contributed by atoms with Crippen molar-refractivity contribution in [1.29, 1.82) is 0 Å². The third kappa shape index (κ3) is 20.3. The van der Waals surface area contributed by atoms with E-state index in [9.17, 15) is 15.2 Å². The standard InChI is InChI=1S/C23H48N4O5/c24-18-13-14-19-26(27(31)25-30)20-17-23(29)32-22-16-12-10-8-6-4-2-1-3-5-7-9-11-15-21-28/h28,30H,1-22,24H2/b27-25-. The number of hydrazine groups is 1. The summed E-state index contributed by atoms with van der Waals surface area (Å²) in [6.45, 7) is 2.01. The molecule has 0 spiro atoms. The van der Waals surface area contributed by atoms with Gasteiger partial charge in [-0.15, -0.1) is 5.01 Å². The zero-order valence-corrected chi connectivity index (χ0v) is 20.2. The molecule has 0 rings (SSSR count). The highest BCUT2D eigenvalue weighted by Gasteiger charge is 2.14. The van der Waals surface area contributed by atoms with Crippen LogP contribution in [0.25, 0.3) is 0 Å². The van der Waals surface area contributed by atoms with E-state index in [0.717, 1.165) is 45.1 Å². The Labute approximate surface area is 194 Å². The Morgan fingerprint density at radius 1 is 0.812 bits per heavy atom. The summed E-state index contributed by atoms with van der Waals surface area (Å²) in [5.41, 5.74) is 3.74. The monoisotopic (exact) mass is 460 g/mol. The molecule has 9 nitrogen and oxygen atoms in total. The van der Waals surface area contributed by atoms with Crippen molar-refractivity contribution in [2.75, 3.05) is 32.8 Å². The van der Waals surface area contributed by atoms with Gasteiger partial charge in [0.25, 0.3) is 0 Å². The minimum atomic E-state index is -0.347. The number of hydrogen-bond acceptors (Lipinski definition) is 6. The summed E-state index contributed by atoms with van der Waals surface area (Å²) in [6.07, 6.45) is 18.5. The zero-order valence-electron chi connectivity index (χ0n) is 20.2. The van der Waals surface area contributed by atoms with E-state index >= 15 is 0 Å². The molecule has 0 saturated carbocycles. The summed E-state index contributed by atoms with van der Waals surface area (Å²) in [5.74, 6) is -0.347. The second-order valence-electron chi connectivity index (χ2n) is 8.49. The number of ether oxygens (including phenoxy) is 1. The fourth-order valence-corrected chi connectivity index (χ4v) is 3.62. The summed E-state index contributed by atoms with van der Waals surface area (Å²) in [6, 6.07) is 0. The lowest BCUT2D eigenvalue weighted by Crippen LogP contribution is -2.50. The molecule has 190 valence electrons. The van der Waals surface area contributed by atoms with Gasteiger partial charge >= 0.3 is 5.97 Å². The van der Waals surface area contributed by atoms with Crippen molar-refractivity contribution in [2.24, 2.45) is 5.28 Å². The number of aliphatic hydroxyl groups excluding tert-OH is 1. The van der Waals surface area contributed by atoms with Crippen LogP contribution in [-0.2, 0) is 9.53 Å². The maximum Gasteiger partial charge on any atom is 0.307 e. The van der Waals surface area contributed by atoms with Crippen LogP contribution in [0.3, 0.4) is 0 Å². The van der Waals surface area contributed by atoms with Gasteiger partial charge in [0.2, 0.25) is 0 Å². The lowest BCUT2D eigenvalue weighted by molar-refractivity contribution is -0.690. The molecule has 9 heteroatoms. The first-order valence-corrected chi connectivity index (χ1v) is 12.8. The topological polar surface area (TPSA) is 139 Å². The second kappa shape index (κ2) is 24.0. The predicted octanol–water partition coefficient (Wildman–Crippen LogP) is 4.07. The maximum absolute atomic E-state index is 11.8. The van der Waals surface area contributed by atoms with Crippen LogP contribution in [0.4, 0.5) is 0 Å². The summed E-state index contributed by atoms with van der Waals surface area (Å²) < 4.78 is 5.23. The highest BCUT2D eigenvalue weighted by Crippen LogP contribution is 2.13. The number of nitrogens with zero attached hydrogens (tertiary/aromatic N) is 3. The van der Waals surface area contributed by atoms with E-state index in [1.165, 1.54) is 69.2 Å². The number of unbranched alkanes of at least 4 members (excludes halogenated alkanes) is 14. The molecule has 0 aromatic carbocycles. The Morgan fingerprint density at radius 2 is 1.31 bits per heavy atom. The van der Waals surface area contributed by atoms with Crippen molar-refractivity contribution in [3.8, 4) is 0 Å². The SMILES string of the molecule is [NH3+]CCCCN(CCC(=O)OCCCCCCCCCCCCCCCCO)/[N+]([O-])=N/[O-]. The first kappa shape index (κ1) is 30.4. The number of esters is 1. The highest BCUT2D eigenvalue weighted by molar-refractivity contribution is 5.69. The van der Waals surface area contributed by atoms with Gasteiger partial charge in [-0.2, -0.15) is 0 Å². The van der Waals surface area contributed by atoms with Crippen LogP contribution in [0, 0.1) is 10.4 Å². The number of carbonyl (C=O) groups is 1. The Kier molecular flexibility index (Phi) is 22.8. The summed E-state index contributed by atoms with van der Waals surface area (Å²) in [7, 11) is 0. The fraction of sp³-hybridized carbons (Fsp3) is 0.957. The molecule has 0 atom stereocenters. The van der Waals surface area contributed by atoms with Crippen LogP contribution < -0.4 is 5.73 Å². The number of aliphatic hydroxyl groups is 1. The molecule has 0 aromatic rings. The van der Waals surface area contributed by atoms with E-state index in [0.29, 0.717) is 19.8 Å². The van der Waals surface area contributed by atoms with E-state index in [-0.39, 0.29) is 23.9 Å². The number of rotatable bonds is 24. The molecule has 0 heterocycles. The van der Waals surface area contributed by atoms with Crippen molar-refractivity contribution in [2.45, 2.75) is 109 Å². The minimum Gasteiger partial charge on any atom is -0.737 e. The average molecular weight is 461 g/mol. The number of carbonyl (C=O) groups excluding carboxylic acids is 1. The molecule has 0 unspecified atom stereocenters. The molecule has 0 aliphatic rings. The summed E-state index contributed by atoms with van der Waals surface area (Å²) >= 11 is 0. The molecule has 0 saturated heterocycles. The smallest absolute Gasteiger partial charge is 0.307 e. The van der Waals surface area contributed by atoms with Gasteiger partial charge in [0, 0.05) is 11.6 Å².